The van der Waals surface area contributed by atoms with E-state index in [0.717, 1.165) is 45.2 Å². The summed E-state index contributed by atoms with van der Waals surface area (Å²) in [7, 11) is 0. The van der Waals surface area contributed by atoms with Gasteiger partial charge >= 0.3 is 0 Å². The maximum absolute atomic E-state index is 13.1. The number of likely N-dealkylation sites (tertiary alicyclic amines) is 1. The molecule has 0 bridgehead atoms. The zero-order valence-corrected chi connectivity index (χ0v) is 15.5. The molecule has 1 atom stereocenters. The molecule has 1 saturated heterocycles. The fourth-order valence-electron chi connectivity index (χ4n) is 3.62. The van der Waals surface area contributed by atoms with E-state index < -0.39 is 0 Å². The fraction of sp³-hybridized carbons (Fsp3) is 0.619. The number of carbonyl (C=O) groups is 2. The summed E-state index contributed by atoms with van der Waals surface area (Å²) in [5.41, 5.74) is 1.18. The summed E-state index contributed by atoms with van der Waals surface area (Å²) < 4.78 is 0. The first-order valence-corrected chi connectivity index (χ1v) is 9.73. The van der Waals surface area contributed by atoms with Gasteiger partial charge in [0.05, 0.1) is 0 Å². The van der Waals surface area contributed by atoms with Crippen LogP contribution in [0.4, 0.5) is 0 Å². The lowest BCUT2D eigenvalue weighted by Gasteiger charge is -2.36. The highest BCUT2D eigenvalue weighted by atomic mass is 16.2. The zero-order valence-electron chi connectivity index (χ0n) is 15.5. The van der Waals surface area contributed by atoms with Crippen molar-refractivity contribution in [3.05, 3.63) is 35.9 Å². The number of nitrogens with zero attached hydrogens (tertiary/aromatic N) is 2. The maximum atomic E-state index is 13.1. The molecule has 1 saturated carbocycles. The highest BCUT2D eigenvalue weighted by Crippen LogP contribution is 2.33. The van der Waals surface area contributed by atoms with Gasteiger partial charge in [-0.15, -0.1) is 0 Å². The molecule has 2 fully saturated rings. The highest BCUT2D eigenvalue weighted by Gasteiger charge is 2.37. The van der Waals surface area contributed by atoms with Crippen molar-refractivity contribution in [1.29, 1.82) is 0 Å². The molecule has 1 aliphatic carbocycles. The van der Waals surface area contributed by atoms with Crippen LogP contribution in [0.25, 0.3) is 0 Å². The van der Waals surface area contributed by atoms with Gasteiger partial charge in [-0.25, -0.2) is 0 Å². The molecule has 2 aliphatic rings. The largest absolute Gasteiger partial charge is 0.342 e. The third-order valence-electron chi connectivity index (χ3n) is 5.68. The lowest BCUT2D eigenvalue weighted by atomic mass is 9.94. The van der Waals surface area contributed by atoms with E-state index in [9.17, 15) is 9.59 Å². The smallest absolute Gasteiger partial charge is 0.226 e. The van der Waals surface area contributed by atoms with Gasteiger partial charge in [0.25, 0.3) is 0 Å². The normalized spacial score (nSPS) is 19.5. The summed E-state index contributed by atoms with van der Waals surface area (Å²) in [5.74, 6) is 0.911. The number of hydrogen-bond donors (Lipinski definition) is 0. The third-order valence-corrected chi connectivity index (χ3v) is 5.68. The SMILES string of the molecule is CC[C@@H](C)N(Cc1ccccc1)C(=O)C1CCN(C(=O)C2CC2)CC1. The lowest BCUT2D eigenvalue weighted by Crippen LogP contribution is -2.46. The van der Waals surface area contributed by atoms with Crippen LogP contribution in [0.2, 0.25) is 0 Å². The van der Waals surface area contributed by atoms with Crippen LogP contribution in [0.3, 0.4) is 0 Å². The number of hydrogen-bond acceptors (Lipinski definition) is 2. The molecule has 4 heteroatoms. The van der Waals surface area contributed by atoms with Crippen molar-refractivity contribution in [2.24, 2.45) is 11.8 Å². The first-order valence-electron chi connectivity index (χ1n) is 9.73. The molecule has 25 heavy (non-hydrogen) atoms. The zero-order chi connectivity index (χ0) is 17.8. The monoisotopic (exact) mass is 342 g/mol. The molecule has 2 amide bonds. The Morgan fingerprint density at radius 3 is 2.28 bits per heavy atom. The molecule has 1 aromatic carbocycles. The quantitative estimate of drug-likeness (QED) is 0.794. The van der Waals surface area contributed by atoms with Crippen molar-refractivity contribution in [2.45, 2.75) is 58.5 Å². The lowest BCUT2D eigenvalue weighted by molar-refractivity contribution is -0.143. The molecule has 0 radical (unpaired) electrons. The molecular weight excluding hydrogens is 312 g/mol. The predicted octanol–water partition coefficient (Wildman–Crippen LogP) is 3.46. The van der Waals surface area contributed by atoms with Crippen molar-refractivity contribution in [3.8, 4) is 0 Å². The van der Waals surface area contributed by atoms with Crippen molar-refractivity contribution < 1.29 is 9.59 Å². The van der Waals surface area contributed by atoms with E-state index in [-0.39, 0.29) is 23.8 Å². The number of rotatable bonds is 6. The van der Waals surface area contributed by atoms with Gasteiger partial charge in [-0.3, -0.25) is 9.59 Å². The molecule has 1 aromatic rings. The first-order chi connectivity index (χ1) is 12.1. The van der Waals surface area contributed by atoms with Gasteiger partial charge in [0.2, 0.25) is 11.8 Å². The van der Waals surface area contributed by atoms with Crippen LogP contribution in [-0.4, -0.2) is 40.7 Å². The highest BCUT2D eigenvalue weighted by molar-refractivity contribution is 5.82. The second kappa shape index (κ2) is 8.03. The van der Waals surface area contributed by atoms with Gasteiger partial charge in [0, 0.05) is 37.5 Å². The Hall–Kier alpha value is -1.84. The third kappa shape index (κ3) is 4.42. The summed E-state index contributed by atoms with van der Waals surface area (Å²) in [6, 6.07) is 10.5. The number of amides is 2. The van der Waals surface area contributed by atoms with Gasteiger partial charge in [0.1, 0.15) is 0 Å². The Bertz CT molecular complexity index is 589. The summed E-state index contributed by atoms with van der Waals surface area (Å²) in [6.45, 7) is 6.42. The summed E-state index contributed by atoms with van der Waals surface area (Å²) in [6.07, 6.45) is 4.67. The van der Waals surface area contributed by atoms with E-state index >= 15 is 0 Å². The second-order valence-electron chi connectivity index (χ2n) is 7.58. The van der Waals surface area contributed by atoms with Crippen LogP contribution in [0.1, 0.15) is 51.5 Å². The van der Waals surface area contributed by atoms with Crippen molar-refractivity contribution in [3.63, 3.8) is 0 Å². The van der Waals surface area contributed by atoms with Crippen LogP contribution in [0, 0.1) is 11.8 Å². The van der Waals surface area contributed by atoms with E-state index in [0.29, 0.717) is 12.5 Å². The van der Waals surface area contributed by atoms with Crippen LogP contribution in [-0.2, 0) is 16.1 Å². The van der Waals surface area contributed by atoms with Gasteiger partial charge < -0.3 is 9.80 Å². The van der Waals surface area contributed by atoms with E-state index in [1.807, 2.05) is 28.0 Å². The van der Waals surface area contributed by atoms with E-state index in [1.165, 1.54) is 5.56 Å². The second-order valence-corrected chi connectivity index (χ2v) is 7.58. The molecule has 136 valence electrons. The van der Waals surface area contributed by atoms with Crippen LogP contribution >= 0.6 is 0 Å². The van der Waals surface area contributed by atoms with Crippen LogP contribution in [0.15, 0.2) is 30.3 Å². The average molecular weight is 342 g/mol. The molecule has 3 rings (SSSR count). The summed E-state index contributed by atoms with van der Waals surface area (Å²) >= 11 is 0. The standard InChI is InChI=1S/C21H30N2O2/c1-3-16(2)23(15-17-7-5-4-6-8-17)21(25)19-11-13-22(14-12-19)20(24)18-9-10-18/h4-8,16,18-19H,3,9-15H2,1-2H3/t16-/m1/s1. The summed E-state index contributed by atoms with van der Waals surface area (Å²) in [4.78, 5) is 29.4. The fourth-order valence-corrected chi connectivity index (χ4v) is 3.62. The molecule has 0 unspecified atom stereocenters. The number of piperidine rings is 1. The van der Waals surface area contributed by atoms with Crippen molar-refractivity contribution in [1.82, 2.24) is 9.80 Å². The number of benzene rings is 1. The summed E-state index contributed by atoms with van der Waals surface area (Å²) in [5, 5.41) is 0. The molecule has 0 spiro atoms. The number of carbonyl (C=O) groups excluding carboxylic acids is 2. The Morgan fingerprint density at radius 2 is 1.72 bits per heavy atom. The van der Waals surface area contributed by atoms with Gasteiger partial charge in [-0.1, -0.05) is 37.3 Å². The Morgan fingerprint density at radius 1 is 1.08 bits per heavy atom. The topological polar surface area (TPSA) is 40.6 Å². The minimum atomic E-state index is 0.0564. The Balaban J connectivity index is 1.61. The molecule has 4 nitrogen and oxygen atoms in total. The van der Waals surface area contributed by atoms with Gasteiger partial charge in [0.15, 0.2) is 0 Å². The van der Waals surface area contributed by atoms with E-state index in [4.69, 9.17) is 0 Å². The van der Waals surface area contributed by atoms with Crippen molar-refractivity contribution >= 4 is 11.8 Å². The Kier molecular flexibility index (Phi) is 5.77. The molecular formula is C21H30N2O2. The maximum Gasteiger partial charge on any atom is 0.226 e. The Labute approximate surface area is 151 Å². The van der Waals surface area contributed by atoms with E-state index in [1.54, 1.807) is 0 Å². The van der Waals surface area contributed by atoms with Gasteiger partial charge in [-0.05, 0) is 44.6 Å². The van der Waals surface area contributed by atoms with E-state index in [2.05, 4.69) is 26.0 Å². The molecule has 1 heterocycles. The first kappa shape index (κ1) is 18.0. The molecule has 0 aromatic heterocycles. The minimum absolute atomic E-state index is 0.0564. The molecule has 1 aliphatic heterocycles. The minimum Gasteiger partial charge on any atom is -0.342 e. The average Bonchev–Trinajstić information content (AvgIpc) is 3.50. The predicted molar refractivity (Wildman–Crippen MR) is 98.8 cm³/mol. The van der Waals surface area contributed by atoms with Crippen LogP contribution < -0.4 is 0 Å². The van der Waals surface area contributed by atoms with Crippen LogP contribution in [0.5, 0.6) is 0 Å². The molecule has 0 N–H and O–H groups in total. The van der Waals surface area contributed by atoms with Gasteiger partial charge in [-0.2, -0.15) is 0 Å². The van der Waals surface area contributed by atoms with Crippen molar-refractivity contribution in [2.75, 3.05) is 13.1 Å².